The van der Waals surface area contributed by atoms with E-state index in [0.717, 1.165) is 11.1 Å². The molecule has 8 heteroatoms. The fourth-order valence-electron chi connectivity index (χ4n) is 2.48. The highest BCUT2D eigenvalue weighted by atomic mass is 16.5. The van der Waals surface area contributed by atoms with Gasteiger partial charge in [-0.3, -0.25) is 4.79 Å². The molecule has 0 N–H and O–H groups in total. The van der Waals surface area contributed by atoms with E-state index in [9.17, 15) is 4.79 Å². The van der Waals surface area contributed by atoms with Gasteiger partial charge in [-0.1, -0.05) is 28.9 Å². The van der Waals surface area contributed by atoms with Crippen LogP contribution in [0.25, 0.3) is 11.4 Å². The number of rotatable bonds is 7. The van der Waals surface area contributed by atoms with Crippen LogP contribution in [0.1, 0.15) is 24.8 Å². The van der Waals surface area contributed by atoms with E-state index in [-0.39, 0.29) is 5.91 Å². The minimum Gasteiger partial charge on any atom is -0.337 e. The van der Waals surface area contributed by atoms with Crippen LogP contribution in [0.2, 0.25) is 0 Å². The molecule has 8 nitrogen and oxygen atoms in total. The van der Waals surface area contributed by atoms with Gasteiger partial charge in [-0.05, 0) is 19.9 Å². The van der Waals surface area contributed by atoms with E-state index in [2.05, 4.69) is 20.3 Å². The highest BCUT2D eigenvalue weighted by molar-refractivity contribution is 5.76. The average Bonchev–Trinajstić information content (AvgIpc) is 3.29. The molecule has 0 spiro atoms. The molecule has 0 bridgehead atoms. The summed E-state index contributed by atoms with van der Waals surface area (Å²) in [6, 6.07) is 7.89. The van der Waals surface area contributed by atoms with Crippen molar-refractivity contribution >= 4 is 5.91 Å². The molecule has 2 heterocycles. The van der Waals surface area contributed by atoms with Crippen molar-refractivity contribution in [1.82, 2.24) is 29.8 Å². The normalized spacial score (nSPS) is 10.8. The first-order chi connectivity index (χ1) is 12.2. The van der Waals surface area contributed by atoms with Crippen molar-refractivity contribution < 1.29 is 9.32 Å². The first-order valence-corrected chi connectivity index (χ1v) is 8.15. The zero-order valence-corrected chi connectivity index (χ0v) is 14.3. The first-order valence-electron chi connectivity index (χ1n) is 8.15. The summed E-state index contributed by atoms with van der Waals surface area (Å²) in [6.45, 7) is 5.35. The van der Waals surface area contributed by atoms with E-state index >= 15 is 0 Å². The van der Waals surface area contributed by atoms with Crippen molar-refractivity contribution in [2.45, 2.75) is 33.4 Å². The first kappa shape index (κ1) is 16.8. The molecule has 0 radical (unpaired) electrons. The Bertz CT molecular complexity index is 827. The molecule has 0 atom stereocenters. The zero-order chi connectivity index (χ0) is 17.6. The van der Waals surface area contributed by atoms with Crippen molar-refractivity contribution in [2.24, 2.45) is 0 Å². The summed E-state index contributed by atoms with van der Waals surface area (Å²) >= 11 is 0. The standard InChI is InChI=1S/C17H20N6O2/c1-3-23(16(24)7-8-22-11-18-19-12-22)10-15-20-17(21-25-15)14-6-4-5-13(2)9-14/h4-6,9,11-12H,3,7-8,10H2,1-2H3. The zero-order valence-electron chi connectivity index (χ0n) is 14.3. The molecule has 0 unspecified atom stereocenters. The Morgan fingerprint density at radius 3 is 2.80 bits per heavy atom. The number of benzene rings is 1. The summed E-state index contributed by atoms with van der Waals surface area (Å²) in [4.78, 5) is 18.5. The molecule has 0 aliphatic rings. The van der Waals surface area contributed by atoms with Gasteiger partial charge in [-0.25, -0.2) is 0 Å². The van der Waals surface area contributed by atoms with Crippen molar-refractivity contribution in [3.05, 3.63) is 48.4 Å². The van der Waals surface area contributed by atoms with Crippen molar-refractivity contribution in [1.29, 1.82) is 0 Å². The summed E-state index contributed by atoms with van der Waals surface area (Å²) in [5.74, 6) is 0.981. The molecular formula is C17H20N6O2. The monoisotopic (exact) mass is 340 g/mol. The van der Waals surface area contributed by atoms with E-state index in [1.54, 1.807) is 22.1 Å². The van der Waals surface area contributed by atoms with Gasteiger partial charge in [0.25, 0.3) is 0 Å². The van der Waals surface area contributed by atoms with Crippen LogP contribution in [-0.2, 0) is 17.9 Å². The summed E-state index contributed by atoms with van der Waals surface area (Å²) in [5, 5.41) is 11.5. The van der Waals surface area contributed by atoms with E-state index in [4.69, 9.17) is 4.52 Å². The van der Waals surface area contributed by atoms with Crippen LogP contribution in [0, 0.1) is 6.92 Å². The third-order valence-corrected chi connectivity index (χ3v) is 3.86. The van der Waals surface area contributed by atoms with Crippen molar-refractivity contribution in [3.63, 3.8) is 0 Å². The maximum Gasteiger partial charge on any atom is 0.246 e. The molecule has 0 saturated carbocycles. The lowest BCUT2D eigenvalue weighted by molar-refractivity contribution is -0.132. The number of hydrogen-bond acceptors (Lipinski definition) is 6. The van der Waals surface area contributed by atoms with Crippen LogP contribution >= 0.6 is 0 Å². The molecule has 0 aliphatic carbocycles. The van der Waals surface area contributed by atoms with Crippen LogP contribution in [0.4, 0.5) is 0 Å². The van der Waals surface area contributed by atoms with Gasteiger partial charge in [0.1, 0.15) is 12.7 Å². The summed E-state index contributed by atoms with van der Waals surface area (Å²) < 4.78 is 7.08. The quantitative estimate of drug-likeness (QED) is 0.654. The fourth-order valence-corrected chi connectivity index (χ4v) is 2.48. The van der Waals surface area contributed by atoms with E-state index in [1.807, 2.05) is 38.1 Å². The molecule has 0 fully saturated rings. The highest BCUT2D eigenvalue weighted by Gasteiger charge is 2.16. The predicted molar refractivity (Wildman–Crippen MR) is 90.2 cm³/mol. The molecule has 3 aromatic rings. The number of aryl methyl sites for hydroxylation is 2. The van der Waals surface area contributed by atoms with Gasteiger partial charge < -0.3 is 14.0 Å². The number of carbonyl (C=O) groups excluding carboxylic acids is 1. The number of aromatic nitrogens is 5. The molecule has 2 aromatic heterocycles. The maximum absolute atomic E-state index is 12.4. The van der Waals surface area contributed by atoms with E-state index in [0.29, 0.717) is 37.8 Å². The van der Waals surface area contributed by atoms with Crippen molar-refractivity contribution in [3.8, 4) is 11.4 Å². The van der Waals surface area contributed by atoms with Crippen LogP contribution in [0.15, 0.2) is 41.4 Å². The number of hydrogen-bond donors (Lipinski definition) is 0. The second-order valence-electron chi connectivity index (χ2n) is 5.74. The summed E-state index contributed by atoms with van der Waals surface area (Å²) in [7, 11) is 0. The second-order valence-corrected chi connectivity index (χ2v) is 5.74. The Balaban J connectivity index is 1.62. The van der Waals surface area contributed by atoms with Gasteiger partial charge in [0.2, 0.25) is 17.6 Å². The molecule has 3 rings (SSSR count). The molecule has 0 aliphatic heterocycles. The number of carbonyl (C=O) groups is 1. The predicted octanol–water partition coefficient (Wildman–Crippen LogP) is 2.08. The minimum absolute atomic E-state index is 0.0199. The van der Waals surface area contributed by atoms with Gasteiger partial charge in [0, 0.05) is 25.1 Å². The Morgan fingerprint density at radius 2 is 2.08 bits per heavy atom. The van der Waals surface area contributed by atoms with E-state index < -0.39 is 0 Å². The van der Waals surface area contributed by atoms with Crippen LogP contribution in [0.5, 0.6) is 0 Å². The second kappa shape index (κ2) is 7.69. The maximum atomic E-state index is 12.4. The fraction of sp³-hybridized carbons (Fsp3) is 0.353. The molecular weight excluding hydrogens is 320 g/mol. The summed E-state index contributed by atoms with van der Waals surface area (Å²) in [6.07, 6.45) is 3.55. The lowest BCUT2D eigenvalue weighted by Crippen LogP contribution is -2.31. The third-order valence-electron chi connectivity index (χ3n) is 3.86. The highest BCUT2D eigenvalue weighted by Crippen LogP contribution is 2.17. The Morgan fingerprint density at radius 1 is 1.28 bits per heavy atom. The lowest BCUT2D eigenvalue weighted by atomic mass is 10.1. The average molecular weight is 340 g/mol. The Labute approximate surface area is 145 Å². The molecule has 0 saturated heterocycles. The Hall–Kier alpha value is -3.03. The Kier molecular flexibility index (Phi) is 5.17. The molecule has 1 amide bonds. The van der Waals surface area contributed by atoms with Gasteiger partial charge in [-0.2, -0.15) is 4.98 Å². The number of nitrogens with zero attached hydrogens (tertiary/aromatic N) is 6. The van der Waals surface area contributed by atoms with Gasteiger partial charge in [0.05, 0.1) is 6.54 Å². The third kappa shape index (κ3) is 4.28. The van der Waals surface area contributed by atoms with Crippen molar-refractivity contribution in [2.75, 3.05) is 6.54 Å². The van der Waals surface area contributed by atoms with Crippen LogP contribution < -0.4 is 0 Å². The smallest absolute Gasteiger partial charge is 0.246 e. The lowest BCUT2D eigenvalue weighted by Gasteiger charge is -2.18. The summed E-state index contributed by atoms with van der Waals surface area (Å²) in [5.41, 5.74) is 2.03. The van der Waals surface area contributed by atoms with Gasteiger partial charge in [-0.15, -0.1) is 10.2 Å². The van der Waals surface area contributed by atoms with Gasteiger partial charge in [0.15, 0.2) is 0 Å². The SMILES string of the molecule is CCN(Cc1nc(-c2cccc(C)c2)no1)C(=O)CCn1cnnc1. The van der Waals surface area contributed by atoms with Crippen LogP contribution in [0.3, 0.4) is 0 Å². The molecule has 25 heavy (non-hydrogen) atoms. The largest absolute Gasteiger partial charge is 0.337 e. The topological polar surface area (TPSA) is 89.9 Å². The number of amides is 1. The molecule has 130 valence electrons. The van der Waals surface area contributed by atoms with Crippen LogP contribution in [-0.4, -0.2) is 42.3 Å². The molecule has 1 aromatic carbocycles. The van der Waals surface area contributed by atoms with Gasteiger partial charge >= 0.3 is 0 Å². The van der Waals surface area contributed by atoms with E-state index in [1.165, 1.54) is 0 Å². The minimum atomic E-state index is 0.0199.